The van der Waals surface area contributed by atoms with Gasteiger partial charge in [-0.1, -0.05) is 18.2 Å². The molecule has 0 saturated heterocycles. The number of anilines is 2. The van der Waals surface area contributed by atoms with Gasteiger partial charge in [0.2, 0.25) is 5.91 Å². The van der Waals surface area contributed by atoms with Gasteiger partial charge in [-0.3, -0.25) is 9.48 Å². The first kappa shape index (κ1) is 19.3. The third-order valence-electron chi connectivity index (χ3n) is 4.23. The number of amides is 1. The number of rotatable bonds is 7. The van der Waals surface area contributed by atoms with Gasteiger partial charge >= 0.3 is 5.97 Å². The fourth-order valence-corrected chi connectivity index (χ4v) is 3.00. The molecule has 146 valence electrons. The molecule has 2 N–H and O–H groups in total. The highest BCUT2D eigenvalue weighted by molar-refractivity contribution is 6.05. The average molecular weight is 381 g/mol. The Kier molecular flexibility index (Phi) is 5.88. The van der Waals surface area contributed by atoms with Crippen LogP contribution < -0.4 is 10.6 Å². The molecule has 0 spiro atoms. The zero-order valence-electron chi connectivity index (χ0n) is 16.2. The van der Waals surface area contributed by atoms with Crippen molar-refractivity contribution in [2.75, 3.05) is 23.8 Å². The zero-order valence-corrected chi connectivity index (χ0v) is 16.2. The van der Waals surface area contributed by atoms with E-state index in [-0.39, 0.29) is 18.9 Å². The van der Waals surface area contributed by atoms with Gasteiger partial charge in [0, 0.05) is 31.9 Å². The SMILES string of the molecule is CCOC(=O)c1cnc2c(c(C)nn2C)c1NCCC(=O)Nc1ccccc1. The van der Waals surface area contributed by atoms with E-state index in [4.69, 9.17) is 4.74 Å². The molecule has 3 rings (SSSR count). The Balaban J connectivity index is 1.79. The minimum atomic E-state index is -0.462. The number of ether oxygens (including phenoxy) is 1. The highest BCUT2D eigenvalue weighted by atomic mass is 16.5. The molecule has 0 aliphatic carbocycles. The van der Waals surface area contributed by atoms with Crippen molar-refractivity contribution in [3.63, 3.8) is 0 Å². The summed E-state index contributed by atoms with van der Waals surface area (Å²) in [6, 6.07) is 9.26. The van der Waals surface area contributed by atoms with E-state index in [1.165, 1.54) is 6.20 Å². The topological polar surface area (TPSA) is 98.1 Å². The van der Waals surface area contributed by atoms with Crippen molar-refractivity contribution in [1.29, 1.82) is 0 Å². The molecule has 0 radical (unpaired) electrons. The lowest BCUT2D eigenvalue weighted by molar-refractivity contribution is -0.115. The molecule has 3 aromatic rings. The van der Waals surface area contributed by atoms with Crippen LogP contribution in [0, 0.1) is 6.92 Å². The molecule has 2 aromatic heterocycles. The van der Waals surface area contributed by atoms with E-state index < -0.39 is 5.97 Å². The summed E-state index contributed by atoms with van der Waals surface area (Å²) in [6.07, 6.45) is 1.72. The summed E-state index contributed by atoms with van der Waals surface area (Å²) in [4.78, 5) is 28.9. The van der Waals surface area contributed by atoms with Gasteiger partial charge in [0.1, 0.15) is 5.56 Å². The fraction of sp³-hybridized carbons (Fsp3) is 0.300. The Hall–Kier alpha value is -3.42. The lowest BCUT2D eigenvalue weighted by Crippen LogP contribution is -2.18. The number of pyridine rings is 1. The third-order valence-corrected chi connectivity index (χ3v) is 4.23. The molecule has 1 aromatic carbocycles. The van der Waals surface area contributed by atoms with Crippen LogP contribution in [-0.4, -0.2) is 39.8 Å². The minimum absolute atomic E-state index is 0.121. The molecule has 8 heteroatoms. The van der Waals surface area contributed by atoms with Crippen molar-refractivity contribution in [2.45, 2.75) is 20.3 Å². The number of nitrogens with one attached hydrogen (secondary N) is 2. The molecule has 0 saturated carbocycles. The Morgan fingerprint density at radius 2 is 1.96 bits per heavy atom. The van der Waals surface area contributed by atoms with Crippen LogP contribution in [0.25, 0.3) is 11.0 Å². The van der Waals surface area contributed by atoms with Gasteiger partial charge in [-0.05, 0) is 26.0 Å². The monoisotopic (exact) mass is 381 g/mol. The highest BCUT2D eigenvalue weighted by Crippen LogP contribution is 2.29. The van der Waals surface area contributed by atoms with E-state index in [9.17, 15) is 9.59 Å². The average Bonchev–Trinajstić information content (AvgIpc) is 2.97. The standard InChI is InChI=1S/C20H23N5O3/c1-4-28-20(27)15-12-22-19-17(13(2)24-25(19)3)18(15)21-11-10-16(26)23-14-8-6-5-7-9-14/h5-9,12H,4,10-11H2,1-3H3,(H,21,22)(H,23,26). The maximum atomic E-state index is 12.4. The molecule has 1 amide bonds. The van der Waals surface area contributed by atoms with Gasteiger partial charge in [0.15, 0.2) is 5.65 Å². The second-order valence-electron chi connectivity index (χ2n) is 6.27. The number of aromatic nitrogens is 3. The molecule has 8 nitrogen and oxygen atoms in total. The summed E-state index contributed by atoms with van der Waals surface area (Å²) in [5, 5.41) is 11.2. The zero-order chi connectivity index (χ0) is 20.1. The van der Waals surface area contributed by atoms with Crippen molar-refractivity contribution in [3.8, 4) is 0 Å². The number of nitrogens with zero attached hydrogens (tertiary/aromatic N) is 3. The second-order valence-corrected chi connectivity index (χ2v) is 6.27. The van der Waals surface area contributed by atoms with Crippen LogP contribution in [0.4, 0.5) is 11.4 Å². The molecular weight excluding hydrogens is 358 g/mol. The number of carbonyl (C=O) groups is 2. The van der Waals surface area contributed by atoms with Crippen molar-refractivity contribution in [2.24, 2.45) is 7.05 Å². The Morgan fingerprint density at radius 3 is 2.68 bits per heavy atom. The van der Waals surface area contributed by atoms with Crippen LogP contribution in [0.2, 0.25) is 0 Å². The number of carbonyl (C=O) groups excluding carboxylic acids is 2. The first-order chi connectivity index (χ1) is 13.5. The van der Waals surface area contributed by atoms with E-state index in [0.29, 0.717) is 23.4 Å². The smallest absolute Gasteiger partial charge is 0.341 e. The summed E-state index contributed by atoms with van der Waals surface area (Å²) in [5.41, 5.74) is 3.05. The van der Waals surface area contributed by atoms with Crippen LogP contribution in [0.5, 0.6) is 0 Å². The number of para-hydroxylation sites is 1. The summed E-state index contributed by atoms with van der Waals surface area (Å²) < 4.78 is 6.80. The van der Waals surface area contributed by atoms with Crippen LogP contribution in [-0.2, 0) is 16.6 Å². The van der Waals surface area contributed by atoms with Crippen LogP contribution >= 0.6 is 0 Å². The molecule has 0 aliphatic rings. The number of esters is 1. The fourth-order valence-electron chi connectivity index (χ4n) is 3.00. The maximum absolute atomic E-state index is 12.4. The molecule has 0 unspecified atom stereocenters. The number of hydrogen-bond acceptors (Lipinski definition) is 6. The normalized spacial score (nSPS) is 10.7. The summed E-state index contributed by atoms with van der Waals surface area (Å²) in [7, 11) is 1.80. The number of hydrogen-bond donors (Lipinski definition) is 2. The minimum Gasteiger partial charge on any atom is -0.462 e. The van der Waals surface area contributed by atoms with Gasteiger partial charge < -0.3 is 15.4 Å². The van der Waals surface area contributed by atoms with Crippen LogP contribution in [0.1, 0.15) is 29.4 Å². The predicted octanol–water partition coefficient (Wildman–Crippen LogP) is 2.89. The molecule has 0 fully saturated rings. The first-order valence-corrected chi connectivity index (χ1v) is 9.09. The lowest BCUT2D eigenvalue weighted by Gasteiger charge is -2.13. The number of benzene rings is 1. The van der Waals surface area contributed by atoms with Crippen molar-refractivity contribution in [3.05, 3.63) is 47.8 Å². The van der Waals surface area contributed by atoms with Gasteiger partial charge in [-0.2, -0.15) is 5.10 Å². The van der Waals surface area contributed by atoms with E-state index in [2.05, 4.69) is 20.7 Å². The Bertz CT molecular complexity index is 998. The predicted molar refractivity (Wildman–Crippen MR) is 107 cm³/mol. The van der Waals surface area contributed by atoms with Crippen LogP contribution in [0.15, 0.2) is 36.5 Å². The molecule has 2 heterocycles. The Labute approximate surface area is 162 Å². The highest BCUT2D eigenvalue weighted by Gasteiger charge is 2.20. The molecule has 0 aliphatic heterocycles. The Morgan fingerprint density at radius 1 is 1.21 bits per heavy atom. The molecule has 0 bridgehead atoms. The largest absolute Gasteiger partial charge is 0.462 e. The summed E-state index contributed by atoms with van der Waals surface area (Å²) in [5.74, 6) is -0.582. The van der Waals surface area contributed by atoms with Gasteiger partial charge in [0.25, 0.3) is 0 Å². The van der Waals surface area contributed by atoms with E-state index in [0.717, 1.165) is 16.8 Å². The maximum Gasteiger partial charge on any atom is 0.341 e. The van der Waals surface area contributed by atoms with Gasteiger partial charge in [0.05, 0.1) is 23.4 Å². The second kappa shape index (κ2) is 8.51. The number of fused-ring (bicyclic) bond motifs is 1. The first-order valence-electron chi connectivity index (χ1n) is 9.09. The van der Waals surface area contributed by atoms with Gasteiger partial charge in [-0.25, -0.2) is 9.78 Å². The van der Waals surface area contributed by atoms with Gasteiger partial charge in [-0.15, -0.1) is 0 Å². The van der Waals surface area contributed by atoms with Crippen molar-refractivity contribution >= 4 is 34.3 Å². The summed E-state index contributed by atoms with van der Waals surface area (Å²) >= 11 is 0. The van der Waals surface area contributed by atoms with Crippen molar-refractivity contribution in [1.82, 2.24) is 14.8 Å². The third kappa shape index (κ3) is 4.11. The lowest BCUT2D eigenvalue weighted by atomic mass is 10.1. The van der Waals surface area contributed by atoms with E-state index in [1.54, 1.807) is 18.7 Å². The quantitative estimate of drug-likeness (QED) is 0.611. The molecule has 0 atom stereocenters. The van der Waals surface area contributed by atoms with Crippen LogP contribution in [0.3, 0.4) is 0 Å². The van der Waals surface area contributed by atoms with E-state index in [1.807, 2.05) is 37.3 Å². The molecule has 28 heavy (non-hydrogen) atoms. The molecular formula is C20H23N5O3. The van der Waals surface area contributed by atoms with Crippen molar-refractivity contribution < 1.29 is 14.3 Å². The number of aryl methyl sites for hydroxylation is 2. The summed E-state index contributed by atoms with van der Waals surface area (Å²) in [6.45, 7) is 4.22. The van der Waals surface area contributed by atoms with E-state index >= 15 is 0 Å².